The predicted octanol–water partition coefficient (Wildman–Crippen LogP) is 3.98. The average Bonchev–Trinajstić information content (AvgIpc) is 2.64. The molecule has 0 bridgehead atoms. The maximum atomic E-state index is 13.2. The van der Waals surface area contributed by atoms with Crippen LogP contribution in [0, 0.1) is 5.41 Å². The molecule has 0 saturated carbocycles. The quantitative estimate of drug-likeness (QED) is 0.826. The first-order valence-electron chi connectivity index (χ1n) is 9.44. The number of benzene rings is 1. The molecule has 0 spiro atoms. The number of hydrogen-bond acceptors (Lipinski definition) is 4. The van der Waals surface area contributed by atoms with Gasteiger partial charge in [0.05, 0.1) is 16.8 Å². The van der Waals surface area contributed by atoms with Gasteiger partial charge in [-0.1, -0.05) is 33.6 Å². The fourth-order valence-corrected chi connectivity index (χ4v) is 6.48. The maximum Gasteiger partial charge on any atom is 0.179 e. The van der Waals surface area contributed by atoms with Crippen LogP contribution in [0.15, 0.2) is 23.1 Å². The average molecular weight is 368 g/mol. The minimum Gasteiger partial charge on any atom is -0.392 e. The van der Waals surface area contributed by atoms with Crippen molar-refractivity contribution in [2.75, 3.05) is 24.7 Å². The summed E-state index contributed by atoms with van der Waals surface area (Å²) < 4.78 is 26.4. The van der Waals surface area contributed by atoms with Crippen LogP contribution < -0.4 is 4.90 Å². The van der Waals surface area contributed by atoms with E-state index in [0.717, 1.165) is 36.9 Å². The molecule has 2 rings (SSSR count). The zero-order valence-electron chi connectivity index (χ0n) is 16.2. The van der Waals surface area contributed by atoms with E-state index in [4.69, 9.17) is 0 Å². The van der Waals surface area contributed by atoms with E-state index < -0.39 is 21.4 Å². The second-order valence-electron chi connectivity index (χ2n) is 7.65. The first-order chi connectivity index (χ1) is 11.7. The number of nitrogens with zero attached hydrogens (tertiary/aromatic N) is 1. The van der Waals surface area contributed by atoms with Crippen LogP contribution in [-0.4, -0.2) is 39.5 Å². The maximum absolute atomic E-state index is 13.2. The third-order valence-corrected chi connectivity index (χ3v) is 7.90. The lowest BCUT2D eigenvalue weighted by molar-refractivity contribution is 0.00740. The van der Waals surface area contributed by atoms with Crippen LogP contribution in [0.4, 0.5) is 5.69 Å². The van der Waals surface area contributed by atoms with Crippen molar-refractivity contribution >= 4 is 15.5 Å². The molecule has 0 unspecified atom stereocenters. The first-order valence-corrected chi connectivity index (χ1v) is 11.1. The summed E-state index contributed by atoms with van der Waals surface area (Å²) in [6, 6.07) is 5.55. The third-order valence-electron chi connectivity index (χ3n) is 5.90. The van der Waals surface area contributed by atoms with Crippen molar-refractivity contribution < 1.29 is 13.5 Å². The Morgan fingerprint density at radius 3 is 2.44 bits per heavy atom. The van der Waals surface area contributed by atoms with E-state index in [1.54, 1.807) is 6.07 Å². The molecule has 1 heterocycles. The highest BCUT2D eigenvalue weighted by molar-refractivity contribution is 7.91. The Kier molecular flexibility index (Phi) is 6.21. The molecule has 5 heteroatoms. The summed E-state index contributed by atoms with van der Waals surface area (Å²) in [4.78, 5) is 2.39. The molecule has 25 heavy (non-hydrogen) atoms. The summed E-state index contributed by atoms with van der Waals surface area (Å²) in [5.41, 5.74) is 1.19. The van der Waals surface area contributed by atoms with Gasteiger partial charge in [-0.25, -0.2) is 8.42 Å². The number of fused-ring (bicyclic) bond motifs is 1. The molecule has 0 aliphatic carbocycles. The van der Waals surface area contributed by atoms with Gasteiger partial charge in [0.1, 0.15) is 0 Å². The van der Waals surface area contributed by atoms with Crippen LogP contribution in [0.3, 0.4) is 0 Å². The van der Waals surface area contributed by atoms with Gasteiger partial charge < -0.3 is 10.0 Å². The van der Waals surface area contributed by atoms with Crippen LogP contribution in [-0.2, 0) is 9.84 Å². The number of rotatable bonds is 6. The lowest BCUT2D eigenvalue weighted by Gasteiger charge is -2.39. The Morgan fingerprint density at radius 2 is 1.92 bits per heavy atom. The van der Waals surface area contributed by atoms with Crippen molar-refractivity contribution in [2.24, 2.45) is 5.41 Å². The van der Waals surface area contributed by atoms with Crippen molar-refractivity contribution in [3.05, 3.63) is 23.8 Å². The van der Waals surface area contributed by atoms with Crippen LogP contribution in [0.1, 0.15) is 64.4 Å². The van der Waals surface area contributed by atoms with Gasteiger partial charge in [0.15, 0.2) is 9.84 Å². The monoisotopic (exact) mass is 367 g/mol. The van der Waals surface area contributed by atoms with Gasteiger partial charge in [-0.15, -0.1) is 0 Å². The number of anilines is 1. The van der Waals surface area contributed by atoms with Gasteiger partial charge in [0.2, 0.25) is 0 Å². The van der Waals surface area contributed by atoms with Crippen molar-refractivity contribution in [1.82, 2.24) is 0 Å². The molecule has 0 amide bonds. The lowest BCUT2D eigenvalue weighted by Crippen LogP contribution is -2.42. The highest BCUT2D eigenvalue weighted by atomic mass is 32.2. The number of hydrogen-bond donors (Lipinski definition) is 1. The summed E-state index contributed by atoms with van der Waals surface area (Å²) >= 11 is 0. The summed E-state index contributed by atoms with van der Waals surface area (Å²) in [5.74, 6) is -0.105. The molecule has 1 aliphatic heterocycles. The van der Waals surface area contributed by atoms with E-state index >= 15 is 0 Å². The number of aliphatic hydroxyl groups excluding tert-OH is 1. The Bertz CT molecular complexity index is 699. The smallest absolute Gasteiger partial charge is 0.179 e. The van der Waals surface area contributed by atoms with Gasteiger partial charge in [-0.2, -0.15) is 0 Å². The highest BCUT2D eigenvalue weighted by Gasteiger charge is 2.47. The Labute approximate surface area is 153 Å². The molecule has 0 fully saturated rings. The van der Waals surface area contributed by atoms with E-state index in [-0.39, 0.29) is 11.7 Å². The zero-order valence-corrected chi connectivity index (χ0v) is 17.1. The van der Waals surface area contributed by atoms with Crippen LogP contribution in [0.2, 0.25) is 0 Å². The Hall–Kier alpha value is -1.07. The molecule has 0 radical (unpaired) electrons. The standard InChI is InChI=1S/C20H33NO3S/c1-6-9-12-20(8-3)14-25(23,24)18-11-10-15(21(4)5)13-17(18)16(7-2)19(20)22/h10-11,13,16,19,22H,6-9,12,14H2,1-5H3/t16-,19-,20-/m1/s1. The van der Waals surface area contributed by atoms with Gasteiger partial charge >= 0.3 is 0 Å². The van der Waals surface area contributed by atoms with Crippen molar-refractivity contribution in [3.63, 3.8) is 0 Å². The lowest BCUT2D eigenvalue weighted by atomic mass is 9.70. The van der Waals surface area contributed by atoms with Crippen molar-refractivity contribution in [2.45, 2.75) is 69.8 Å². The minimum atomic E-state index is -3.43. The summed E-state index contributed by atoms with van der Waals surface area (Å²) in [5, 5.41) is 11.3. The normalized spacial score (nSPS) is 28.2. The first kappa shape index (κ1) is 20.2. The summed E-state index contributed by atoms with van der Waals surface area (Å²) in [6.07, 6.45) is 3.47. The minimum absolute atomic E-state index is 0.0441. The van der Waals surface area contributed by atoms with Gasteiger partial charge in [-0.3, -0.25) is 0 Å². The molecule has 3 atom stereocenters. The fraction of sp³-hybridized carbons (Fsp3) is 0.700. The van der Waals surface area contributed by atoms with E-state index in [0.29, 0.717) is 11.3 Å². The van der Waals surface area contributed by atoms with Crippen LogP contribution >= 0.6 is 0 Å². The number of sulfone groups is 1. The molecule has 1 aromatic carbocycles. The molecule has 0 saturated heterocycles. The molecule has 4 nitrogen and oxygen atoms in total. The third kappa shape index (κ3) is 3.72. The Morgan fingerprint density at radius 1 is 1.24 bits per heavy atom. The number of unbranched alkanes of at least 4 members (excludes halogenated alkanes) is 1. The molecule has 1 aliphatic rings. The summed E-state index contributed by atoms with van der Waals surface area (Å²) in [6.45, 7) is 6.16. The van der Waals surface area contributed by atoms with Crippen molar-refractivity contribution in [3.8, 4) is 0 Å². The number of aliphatic hydroxyl groups is 1. The highest BCUT2D eigenvalue weighted by Crippen LogP contribution is 2.48. The SMILES string of the molecule is CCCC[C@]1(CC)CS(=O)(=O)c2ccc(N(C)C)cc2[C@@H](CC)[C@H]1O. The molecule has 1 aromatic rings. The molecular weight excluding hydrogens is 334 g/mol. The van der Waals surface area contributed by atoms with E-state index in [1.165, 1.54) is 0 Å². The fourth-order valence-electron chi connectivity index (χ4n) is 4.21. The topological polar surface area (TPSA) is 57.6 Å². The van der Waals surface area contributed by atoms with Crippen LogP contribution in [0.5, 0.6) is 0 Å². The van der Waals surface area contributed by atoms with Gasteiger partial charge in [0.25, 0.3) is 0 Å². The van der Waals surface area contributed by atoms with Crippen LogP contribution in [0.25, 0.3) is 0 Å². The Balaban J connectivity index is 2.67. The molecule has 1 N–H and O–H groups in total. The molecule has 142 valence electrons. The van der Waals surface area contributed by atoms with E-state index in [2.05, 4.69) is 6.92 Å². The largest absolute Gasteiger partial charge is 0.392 e. The van der Waals surface area contributed by atoms with Gasteiger partial charge in [0, 0.05) is 31.1 Å². The second-order valence-corrected chi connectivity index (χ2v) is 9.61. The van der Waals surface area contributed by atoms with E-state index in [9.17, 15) is 13.5 Å². The molecular formula is C20H33NO3S. The molecule has 0 aromatic heterocycles. The second kappa shape index (κ2) is 7.67. The van der Waals surface area contributed by atoms with Gasteiger partial charge in [-0.05, 0) is 43.0 Å². The predicted molar refractivity (Wildman–Crippen MR) is 104 cm³/mol. The zero-order chi connectivity index (χ0) is 18.8. The summed E-state index contributed by atoms with van der Waals surface area (Å²) in [7, 11) is 0.467. The van der Waals surface area contributed by atoms with E-state index in [1.807, 2.05) is 45.0 Å². The van der Waals surface area contributed by atoms with Crippen molar-refractivity contribution in [1.29, 1.82) is 0 Å².